The Labute approximate surface area is 128 Å². The molecule has 1 aromatic rings. The van der Waals surface area contributed by atoms with Crippen LogP contribution in [0.15, 0.2) is 0 Å². The van der Waals surface area contributed by atoms with Gasteiger partial charge in [0.2, 0.25) is 0 Å². The molecule has 0 saturated heterocycles. The summed E-state index contributed by atoms with van der Waals surface area (Å²) in [6, 6.07) is 0. The predicted octanol–water partition coefficient (Wildman–Crippen LogP) is 1.38. The van der Waals surface area contributed by atoms with E-state index in [4.69, 9.17) is 0 Å². The molecule has 2 rings (SSSR count). The molecule has 1 aliphatic heterocycles. The van der Waals surface area contributed by atoms with E-state index in [1.165, 1.54) is 16.2 Å². The number of nitrogens with zero attached hydrogens (tertiary/aromatic N) is 2. The normalized spacial score (nSPS) is 14.6. The number of nitrogens with one attached hydrogen (secondary N) is 2. The number of amides is 2. The Morgan fingerprint density at radius 3 is 2.90 bits per heavy atom. The van der Waals surface area contributed by atoms with Gasteiger partial charge in [-0.05, 0) is 13.5 Å². The Balaban J connectivity index is 1.84. The molecule has 2 amide bonds. The van der Waals surface area contributed by atoms with E-state index in [-0.39, 0.29) is 0 Å². The fraction of sp³-hybridized carbons (Fsp3) is 0.643. The third kappa shape index (κ3) is 4.50. The van der Waals surface area contributed by atoms with Crippen molar-refractivity contribution in [1.29, 1.82) is 0 Å². The smallest absolute Gasteiger partial charge is 0.315 e. The highest BCUT2D eigenvalue weighted by Gasteiger charge is 2.20. The van der Waals surface area contributed by atoms with Crippen molar-refractivity contribution in [2.24, 2.45) is 0 Å². The average Bonchev–Trinajstić information content (AvgIpc) is 2.84. The number of likely N-dealkylation sites (N-methyl/N-ethyl adjacent to an activating group) is 1. The van der Waals surface area contributed by atoms with Crippen molar-refractivity contribution < 1.29 is 9.59 Å². The van der Waals surface area contributed by atoms with E-state index in [9.17, 15) is 9.59 Å². The van der Waals surface area contributed by atoms with Crippen LogP contribution in [0.1, 0.15) is 36.8 Å². The highest BCUT2D eigenvalue weighted by atomic mass is 32.1. The first-order valence-electron chi connectivity index (χ1n) is 7.36. The van der Waals surface area contributed by atoms with Gasteiger partial charge in [0.05, 0.1) is 5.69 Å². The van der Waals surface area contributed by atoms with Crippen LogP contribution in [0.2, 0.25) is 0 Å². The van der Waals surface area contributed by atoms with Crippen molar-refractivity contribution in [3.63, 3.8) is 0 Å². The summed E-state index contributed by atoms with van der Waals surface area (Å²) in [6.45, 7) is 4.46. The number of carbonyl (C=O) groups is 2. The van der Waals surface area contributed by atoms with Gasteiger partial charge >= 0.3 is 11.8 Å². The molecule has 0 fully saturated rings. The first kappa shape index (κ1) is 15.9. The van der Waals surface area contributed by atoms with Gasteiger partial charge in [-0.25, -0.2) is 4.98 Å². The van der Waals surface area contributed by atoms with Crippen LogP contribution < -0.4 is 10.6 Å². The van der Waals surface area contributed by atoms with Crippen LogP contribution in [-0.4, -0.2) is 41.8 Å². The number of carbonyl (C=O) groups excluding carboxylic acids is 2. The maximum atomic E-state index is 11.8. The Bertz CT molecular complexity index is 515. The van der Waals surface area contributed by atoms with Crippen molar-refractivity contribution >= 4 is 28.3 Å². The van der Waals surface area contributed by atoms with Crippen molar-refractivity contribution in [3.05, 3.63) is 10.6 Å². The largest absolute Gasteiger partial charge is 0.348 e. The number of unbranched alkanes of at least 4 members (excludes halogenated alkanes) is 2. The van der Waals surface area contributed by atoms with Crippen molar-refractivity contribution in [2.45, 2.75) is 39.2 Å². The fourth-order valence-corrected chi connectivity index (χ4v) is 3.27. The van der Waals surface area contributed by atoms with E-state index in [0.717, 1.165) is 44.5 Å². The monoisotopic (exact) mass is 310 g/mol. The van der Waals surface area contributed by atoms with Gasteiger partial charge in [-0.15, -0.1) is 11.3 Å². The number of thiazole rings is 1. The molecule has 1 aliphatic rings. The lowest BCUT2D eigenvalue weighted by atomic mass is 10.2. The maximum absolute atomic E-state index is 11.8. The van der Waals surface area contributed by atoms with Gasteiger partial charge in [0.25, 0.3) is 0 Å². The zero-order chi connectivity index (χ0) is 15.2. The van der Waals surface area contributed by atoms with Crippen molar-refractivity contribution in [3.8, 4) is 0 Å². The van der Waals surface area contributed by atoms with Crippen molar-refractivity contribution in [2.75, 3.05) is 25.5 Å². The Morgan fingerprint density at radius 1 is 1.33 bits per heavy atom. The first-order chi connectivity index (χ1) is 10.1. The van der Waals surface area contributed by atoms with Crippen LogP contribution in [0.4, 0.5) is 5.13 Å². The minimum absolute atomic E-state index is 0.518. The molecule has 0 unspecified atom stereocenters. The molecule has 0 bridgehead atoms. The summed E-state index contributed by atoms with van der Waals surface area (Å²) in [5, 5.41) is 5.73. The standard InChI is InChI=1S/C14H22N4O2S/c1-3-4-5-7-15-12(19)13(20)17-14-16-10-6-8-18(2)9-11(10)21-14/h3-9H2,1-2H3,(H,15,19)(H,16,17,20). The molecule has 0 saturated carbocycles. The maximum Gasteiger partial charge on any atom is 0.315 e. The summed E-state index contributed by atoms with van der Waals surface area (Å²) >= 11 is 1.45. The fourth-order valence-electron chi connectivity index (χ4n) is 2.19. The lowest BCUT2D eigenvalue weighted by molar-refractivity contribution is -0.136. The summed E-state index contributed by atoms with van der Waals surface area (Å²) in [5.74, 6) is -1.22. The lowest BCUT2D eigenvalue weighted by Crippen LogP contribution is -2.35. The number of rotatable bonds is 5. The molecule has 6 nitrogen and oxygen atoms in total. The third-order valence-electron chi connectivity index (χ3n) is 3.41. The lowest BCUT2D eigenvalue weighted by Gasteiger charge is -2.20. The molecule has 116 valence electrons. The molecule has 1 aromatic heterocycles. The summed E-state index contributed by atoms with van der Waals surface area (Å²) in [4.78, 5) is 31.2. The second-order valence-electron chi connectivity index (χ2n) is 5.29. The van der Waals surface area contributed by atoms with Gasteiger partial charge in [-0.1, -0.05) is 19.8 Å². The minimum atomic E-state index is -0.633. The molecular formula is C14H22N4O2S. The molecular weight excluding hydrogens is 288 g/mol. The van der Waals surface area contributed by atoms with E-state index < -0.39 is 11.8 Å². The zero-order valence-electron chi connectivity index (χ0n) is 12.6. The predicted molar refractivity (Wildman–Crippen MR) is 83.3 cm³/mol. The van der Waals surface area contributed by atoms with Gasteiger partial charge in [-0.2, -0.15) is 0 Å². The Hall–Kier alpha value is -1.47. The summed E-state index contributed by atoms with van der Waals surface area (Å²) < 4.78 is 0. The Kier molecular flexibility index (Phi) is 5.69. The highest BCUT2D eigenvalue weighted by molar-refractivity contribution is 7.16. The molecule has 0 radical (unpaired) electrons. The topological polar surface area (TPSA) is 74.3 Å². The van der Waals surface area contributed by atoms with E-state index in [0.29, 0.717) is 11.7 Å². The number of hydrogen-bond donors (Lipinski definition) is 2. The van der Waals surface area contributed by atoms with Gasteiger partial charge < -0.3 is 10.2 Å². The number of anilines is 1. The number of hydrogen-bond acceptors (Lipinski definition) is 5. The van der Waals surface area contributed by atoms with Crippen LogP contribution >= 0.6 is 11.3 Å². The van der Waals surface area contributed by atoms with E-state index in [1.807, 2.05) is 0 Å². The molecule has 21 heavy (non-hydrogen) atoms. The molecule has 0 atom stereocenters. The summed E-state index contributed by atoms with van der Waals surface area (Å²) in [7, 11) is 2.06. The molecule has 2 N–H and O–H groups in total. The molecule has 2 heterocycles. The number of fused-ring (bicyclic) bond motifs is 1. The first-order valence-corrected chi connectivity index (χ1v) is 8.18. The SMILES string of the molecule is CCCCCNC(=O)C(=O)Nc1nc2c(s1)CN(C)CC2. The van der Waals surface area contributed by atoms with Crippen LogP contribution in [0.5, 0.6) is 0 Å². The van der Waals surface area contributed by atoms with Crippen LogP contribution in [-0.2, 0) is 22.6 Å². The average molecular weight is 310 g/mol. The second-order valence-corrected chi connectivity index (χ2v) is 6.38. The van der Waals surface area contributed by atoms with Gasteiger partial charge in [0.1, 0.15) is 0 Å². The van der Waals surface area contributed by atoms with E-state index >= 15 is 0 Å². The summed E-state index contributed by atoms with van der Waals surface area (Å²) in [5.41, 5.74) is 1.04. The number of aromatic nitrogens is 1. The zero-order valence-corrected chi connectivity index (χ0v) is 13.4. The second kappa shape index (κ2) is 7.51. The van der Waals surface area contributed by atoms with Crippen molar-refractivity contribution in [1.82, 2.24) is 15.2 Å². The van der Waals surface area contributed by atoms with Gasteiger partial charge in [0, 0.05) is 30.9 Å². The van der Waals surface area contributed by atoms with Gasteiger partial charge in [0.15, 0.2) is 5.13 Å². The Morgan fingerprint density at radius 2 is 2.14 bits per heavy atom. The van der Waals surface area contributed by atoms with E-state index in [2.05, 4.69) is 34.5 Å². The third-order valence-corrected chi connectivity index (χ3v) is 4.41. The molecule has 0 aliphatic carbocycles. The molecule has 0 aromatic carbocycles. The minimum Gasteiger partial charge on any atom is -0.348 e. The van der Waals surface area contributed by atoms with Gasteiger partial charge in [-0.3, -0.25) is 14.9 Å². The summed E-state index contributed by atoms with van der Waals surface area (Å²) in [6.07, 6.45) is 3.92. The highest BCUT2D eigenvalue weighted by Crippen LogP contribution is 2.27. The molecule has 0 spiro atoms. The van der Waals surface area contributed by atoms with E-state index in [1.54, 1.807) is 0 Å². The quantitative estimate of drug-likeness (QED) is 0.636. The van der Waals surface area contributed by atoms with Crippen LogP contribution in [0.3, 0.4) is 0 Å². The molecule has 7 heteroatoms. The van der Waals surface area contributed by atoms with Crippen LogP contribution in [0, 0.1) is 0 Å². The van der Waals surface area contributed by atoms with Crippen LogP contribution in [0.25, 0.3) is 0 Å².